The van der Waals surface area contributed by atoms with Crippen LogP contribution in [-0.2, 0) is 4.74 Å². The minimum Gasteiger partial charge on any atom is -0.487 e. The lowest BCUT2D eigenvalue weighted by molar-refractivity contribution is 0.103. The fourth-order valence-electron chi connectivity index (χ4n) is 1.62. The summed E-state index contributed by atoms with van der Waals surface area (Å²) < 4.78 is 23.8. The Morgan fingerprint density at radius 1 is 1.67 bits per heavy atom. The van der Waals surface area contributed by atoms with Gasteiger partial charge in [-0.15, -0.1) is 0 Å². The molecule has 3 N–H and O–H groups in total. The maximum atomic E-state index is 13.7. The zero-order valence-corrected chi connectivity index (χ0v) is 9.98. The zero-order chi connectivity index (χ0) is 13.1. The molecule has 1 fully saturated rings. The maximum absolute atomic E-state index is 13.7. The lowest BCUT2D eigenvalue weighted by Gasteiger charge is -2.12. The molecule has 0 spiro atoms. The molecule has 1 aromatic carbocycles. The molecule has 1 aliphatic heterocycles. The molecule has 1 heterocycles. The van der Waals surface area contributed by atoms with Gasteiger partial charge >= 0.3 is 6.09 Å². The Hall–Kier alpha value is -1.82. The average Bonchev–Trinajstić information content (AvgIpc) is 2.73. The SMILES string of the molecule is CC(N)c1ccc(OCC2CNC(=O)O2)c(F)c1. The molecule has 1 aliphatic rings. The van der Waals surface area contributed by atoms with Crippen molar-refractivity contribution in [2.24, 2.45) is 5.73 Å². The largest absolute Gasteiger partial charge is 0.487 e. The third kappa shape index (κ3) is 2.89. The monoisotopic (exact) mass is 254 g/mol. The molecule has 0 radical (unpaired) electrons. The average molecular weight is 254 g/mol. The molecule has 0 saturated carbocycles. The predicted molar refractivity (Wildman–Crippen MR) is 62.8 cm³/mol. The first-order valence-electron chi connectivity index (χ1n) is 5.68. The van der Waals surface area contributed by atoms with E-state index in [1.54, 1.807) is 13.0 Å². The second-order valence-corrected chi connectivity index (χ2v) is 4.20. The fourth-order valence-corrected chi connectivity index (χ4v) is 1.62. The first-order chi connectivity index (χ1) is 8.56. The van der Waals surface area contributed by atoms with Crippen LogP contribution in [0.3, 0.4) is 0 Å². The van der Waals surface area contributed by atoms with Crippen molar-refractivity contribution in [1.82, 2.24) is 5.32 Å². The van der Waals surface area contributed by atoms with Gasteiger partial charge in [-0.25, -0.2) is 9.18 Å². The molecular formula is C12H15FN2O3. The molecule has 5 nitrogen and oxygen atoms in total. The Morgan fingerprint density at radius 3 is 3.00 bits per heavy atom. The van der Waals surface area contributed by atoms with Crippen molar-refractivity contribution in [3.05, 3.63) is 29.6 Å². The Balaban J connectivity index is 1.95. The standard InChI is InChI=1S/C12H15FN2O3/c1-7(14)8-2-3-11(10(13)4-8)17-6-9-5-15-12(16)18-9/h2-4,7,9H,5-6,14H2,1H3,(H,15,16). The van der Waals surface area contributed by atoms with Crippen molar-refractivity contribution in [2.45, 2.75) is 19.1 Å². The van der Waals surface area contributed by atoms with Crippen LogP contribution in [0.4, 0.5) is 9.18 Å². The summed E-state index contributed by atoms with van der Waals surface area (Å²) in [6, 6.07) is 4.35. The van der Waals surface area contributed by atoms with E-state index in [1.165, 1.54) is 12.1 Å². The van der Waals surface area contributed by atoms with Crippen LogP contribution in [0.1, 0.15) is 18.5 Å². The number of halogens is 1. The molecule has 6 heteroatoms. The first kappa shape index (κ1) is 12.6. The van der Waals surface area contributed by atoms with Crippen LogP contribution in [-0.4, -0.2) is 25.3 Å². The molecular weight excluding hydrogens is 239 g/mol. The molecule has 2 rings (SSSR count). The number of cyclic esters (lactones) is 1. The number of hydrogen-bond acceptors (Lipinski definition) is 4. The van der Waals surface area contributed by atoms with Gasteiger partial charge in [0, 0.05) is 6.04 Å². The van der Waals surface area contributed by atoms with Crippen LogP contribution in [0.5, 0.6) is 5.75 Å². The van der Waals surface area contributed by atoms with Gasteiger partial charge in [0.05, 0.1) is 6.54 Å². The van der Waals surface area contributed by atoms with Crippen LogP contribution in [0.2, 0.25) is 0 Å². The quantitative estimate of drug-likeness (QED) is 0.850. The number of benzene rings is 1. The van der Waals surface area contributed by atoms with Crippen LogP contribution < -0.4 is 15.8 Å². The van der Waals surface area contributed by atoms with Gasteiger partial charge in [-0.2, -0.15) is 0 Å². The predicted octanol–water partition coefficient (Wildman–Crippen LogP) is 1.33. The number of nitrogens with one attached hydrogen (secondary N) is 1. The summed E-state index contributed by atoms with van der Waals surface area (Å²) in [6.07, 6.45) is -0.860. The molecule has 1 saturated heterocycles. The number of carbonyl (C=O) groups excluding carboxylic acids is 1. The van der Waals surface area contributed by atoms with Gasteiger partial charge in [-0.05, 0) is 24.6 Å². The van der Waals surface area contributed by atoms with Gasteiger partial charge in [-0.1, -0.05) is 6.07 Å². The van der Waals surface area contributed by atoms with Crippen molar-refractivity contribution < 1.29 is 18.7 Å². The van der Waals surface area contributed by atoms with Gasteiger partial charge in [-0.3, -0.25) is 0 Å². The normalized spacial score (nSPS) is 20.2. The summed E-state index contributed by atoms with van der Waals surface area (Å²) in [5.74, 6) is -0.343. The fraction of sp³-hybridized carbons (Fsp3) is 0.417. The molecule has 18 heavy (non-hydrogen) atoms. The zero-order valence-electron chi connectivity index (χ0n) is 9.98. The van der Waals surface area contributed by atoms with Gasteiger partial charge in [0.2, 0.25) is 0 Å². The summed E-state index contributed by atoms with van der Waals surface area (Å²) in [7, 11) is 0. The van der Waals surface area contributed by atoms with Crippen molar-refractivity contribution in [2.75, 3.05) is 13.2 Å². The van der Waals surface area contributed by atoms with Crippen molar-refractivity contribution in [1.29, 1.82) is 0 Å². The summed E-state index contributed by atoms with van der Waals surface area (Å²) in [4.78, 5) is 10.8. The lowest BCUT2D eigenvalue weighted by atomic mass is 10.1. The van der Waals surface area contributed by atoms with Crippen molar-refractivity contribution in [3.63, 3.8) is 0 Å². The van der Waals surface area contributed by atoms with E-state index in [4.69, 9.17) is 15.2 Å². The number of rotatable bonds is 4. The van der Waals surface area contributed by atoms with E-state index in [2.05, 4.69) is 5.32 Å². The van der Waals surface area contributed by atoms with E-state index in [0.717, 1.165) is 0 Å². The van der Waals surface area contributed by atoms with Crippen LogP contribution in [0, 0.1) is 5.82 Å². The smallest absolute Gasteiger partial charge is 0.407 e. The number of nitrogens with two attached hydrogens (primary N) is 1. The maximum Gasteiger partial charge on any atom is 0.407 e. The second-order valence-electron chi connectivity index (χ2n) is 4.20. The summed E-state index contributed by atoms with van der Waals surface area (Å²) in [6.45, 7) is 2.27. The van der Waals surface area contributed by atoms with Crippen molar-refractivity contribution >= 4 is 6.09 Å². The third-order valence-electron chi connectivity index (χ3n) is 2.65. The highest BCUT2D eigenvalue weighted by molar-refractivity contribution is 5.69. The van der Waals surface area contributed by atoms with E-state index in [0.29, 0.717) is 12.1 Å². The molecule has 0 aromatic heterocycles. The molecule has 2 unspecified atom stereocenters. The highest BCUT2D eigenvalue weighted by Gasteiger charge is 2.23. The number of carbonyl (C=O) groups is 1. The number of alkyl carbamates (subject to hydrolysis) is 1. The topological polar surface area (TPSA) is 73.6 Å². The molecule has 0 aliphatic carbocycles. The Morgan fingerprint density at radius 2 is 2.44 bits per heavy atom. The van der Waals surface area contributed by atoms with Crippen LogP contribution >= 0.6 is 0 Å². The van der Waals surface area contributed by atoms with Gasteiger partial charge in [0.25, 0.3) is 0 Å². The van der Waals surface area contributed by atoms with Crippen LogP contribution in [0.25, 0.3) is 0 Å². The summed E-state index contributed by atoms with van der Waals surface area (Å²) in [5.41, 5.74) is 6.35. The Labute approximate surface area is 104 Å². The van der Waals surface area contributed by atoms with E-state index in [9.17, 15) is 9.18 Å². The number of hydrogen-bond donors (Lipinski definition) is 2. The molecule has 98 valence electrons. The second kappa shape index (κ2) is 5.22. The van der Waals surface area contributed by atoms with E-state index >= 15 is 0 Å². The Bertz CT molecular complexity index is 451. The highest BCUT2D eigenvalue weighted by Crippen LogP contribution is 2.21. The first-order valence-corrected chi connectivity index (χ1v) is 5.68. The molecule has 2 atom stereocenters. The van der Waals surface area contributed by atoms with E-state index in [-0.39, 0.29) is 24.5 Å². The van der Waals surface area contributed by atoms with Gasteiger partial charge in [0.1, 0.15) is 6.61 Å². The molecule has 0 bridgehead atoms. The van der Waals surface area contributed by atoms with Gasteiger partial charge < -0.3 is 20.5 Å². The Kier molecular flexibility index (Phi) is 3.66. The van der Waals surface area contributed by atoms with E-state index < -0.39 is 11.9 Å². The minimum atomic E-state index is -0.476. The molecule has 1 amide bonds. The minimum absolute atomic E-state index is 0.118. The van der Waals surface area contributed by atoms with E-state index in [1.807, 2.05) is 0 Å². The number of amides is 1. The molecule has 1 aromatic rings. The number of ether oxygens (including phenoxy) is 2. The highest BCUT2D eigenvalue weighted by atomic mass is 19.1. The third-order valence-corrected chi connectivity index (χ3v) is 2.65. The van der Waals surface area contributed by atoms with Gasteiger partial charge in [0.15, 0.2) is 17.7 Å². The summed E-state index contributed by atoms with van der Waals surface area (Å²) >= 11 is 0. The van der Waals surface area contributed by atoms with Crippen molar-refractivity contribution in [3.8, 4) is 5.75 Å². The summed E-state index contributed by atoms with van der Waals surface area (Å²) in [5, 5.41) is 2.49. The lowest BCUT2D eigenvalue weighted by Crippen LogP contribution is -2.22. The van der Waals surface area contributed by atoms with Crippen LogP contribution in [0.15, 0.2) is 18.2 Å².